The molecular weight excluding hydrogens is 388 g/mol. The van der Waals surface area contributed by atoms with E-state index in [9.17, 15) is 5.11 Å². The van der Waals surface area contributed by atoms with Gasteiger partial charge in [-0.05, 0) is 74.3 Å². The molecule has 26 heavy (non-hydrogen) atoms. The summed E-state index contributed by atoms with van der Waals surface area (Å²) in [4.78, 5) is 2.48. The van der Waals surface area contributed by atoms with E-state index >= 15 is 0 Å². The first-order chi connectivity index (χ1) is 12.7. The first-order valence-electron chi connectivity index (χ1n) is 9.50. The third-order valence-electron chi connectivity index (χ3n) is 5.45. The summed E-state index contributed by atoms with van der Waals surface area (Å²) in [6.07, 6.45) is 7.03. The average Bonchev–Trinajstić information content (AvgIpc) is 3.04. The molecule has 2 aromatic carbocycles. The fourth-order valence-corrected chi connectivity index (χ4v) is 4.32. The molecule has 0 amide bonds. The van der Waals surface area contributed by atoms with Crippen molar-refractivity contribution in [3.05, 3.63) is 58.2 Å². The van der Waals surface area contributed by atoms with Crippen molar-refractivity contribution in [2.45, 2.75) is 39.2 Å². The second-order valence-electron chi connectivity index (χ2n) is 7.15. The summed E-state index contributed by atoms with van der Waals surface area (Å²) in [6.45, 7) is 5.28. The predicted molar refractivity (Wildman–Crippen MR) is 111 cm³/mol. The van der Waals surface area contributed by atoms with Crippen LogP contribution in [-0.4, -0.2) is 27.7 Å². The Morgan fingerprint density at radius 3 is 2.42 bits per heavy atom. The highest BCUT2D eigenvalue weighted by atomic mass is 79.9. The van der Waals surface area contributed by atoms with Crippen LogP contribution >= 0.6 is 15.9 Å². The monoisotopic (exact) mass is 412 g/mol. The van der Waals surface area contributed by atoms with Gasteiger partial charge in [0.1, 0.15) is 5.75 Å². The molecule has 3 aromatic rings. The Hall–Kier alpha value is -1.78. The zero-order chi connectivity index (χ0) is 18.1. The lowest BCUT2D eigenvalue weighted by Crippen LogP contribution is -2.29. The van der Waals surface area contributed by atoms with E-state index in [0.29, 0.717) is 5.75 Å². The maximum Gasteiger partial charge on any atom is 0.120 e. The highest BCUT2D eigenvalue weighted by Gasteiger charge is 2.19. The van der Waals surface area contributed by atoms with Crippen molar-refractivity contribution in [1.82, 2.24) is 9.47 Å². The van der Waals surface area contributed by atoms with E-state index in [4.69, 9.17) is 0 Å². The molecule has 0 atom stereocenters. The predicted octanol–water partition coefficient (Wildman–Crippen LogP) is 5.65. The van der Waals surface area contributed by atoms with Crippen molar-refractivity contribution >= 4 is 26.8 Å². The van der Waals surface area contributed by atoms with Crippen LogP contribution in [0.3, 0.4) is 0 Å². The number of hydrogen-bond donors (Lipinski definition) is 1. The third-order valence-corrected chi connectivity index (χ3v) is 5.98. The number of hydrogen-bond acceptors (Lipinski definition) is 2. The van der Waals surface area contributed by atoms with Gasteiger partial charge in [-0.1, -0.05) is 29.3 Å². The van der Waals surface area contributed by atoms with Gasteiger partial charge >= 0.3 is 0 Å². The molecule has 1 N–H and O–H groups in total. The topological polar surface area (TPSA) is 28.4 Å². The number of nitrogens with zero attached hydrogens (tertiary/aromatic N) is 2. The molecule has 1 aliphatic heterocycles. The van der Waals surface area contributed by atoms with Gasteiger partial charge in [0.05, 0.1) is 5.52 Å². The van der Waals surface area contributed by atoms with E-state index in [-0.39, 0.29) is 0 Å². The van der Waals surface area contributed by atoms with Crippen molar-refractivity contribution < 1.29 is 5.11 Å². The summed E-state index contributed by atoms with van der Waals surface area (Å²) in [6, 6.07) is 12.3. The standard InChI is InChI=1S/C22H25BrN2O/c1-2-16-14-25(18-8-6-17(23)7-9-18)20-10-11-21(26)19(22(16)20)15-24-12-4-3-5-13-24/h6-11,14,26H,2-5,12-13,15H2,1H3. The zero-order valence-electron chi connectivity index (χ0n) is 15.2. The second kappa shape index (κ2) is 7.45. The van der Waals surface area contributed by atoms with E-state index in [1.54, 1.807) is 0 Å². The number of phenolic OH excluding ortho intramolecular Hbond substituents is 1. The van der Waals surface area contributed by atoms with Crippen LogP contribution in [0, 0.1) is 0 Å². The van der Waals surface area contributed by atoms with E-state index in [2.05, 4.69) is 62.8 Å². The number of fused-ring (bicyclic) bond motifs is 1. The quantitative estimate of drug-likeness (QED) is 0.599. The van der Waals surface area contributed by atoms with Crippen LogP contribution in [0.15, 0.2) is 47.1 Å². The molecule has 0 saturated carbocycles. The molecular formula is C22H25BrN2O. The van der Waals surface area contributed by atoms with Crippen LogP contribution in [0.25, 0.3) is 16.6 Å². The Morgan fingerprint density at radius 1 is 1.00 bits per heavy atom. The Labute approximate surface area is 163 Å². The van der Waals surface area contributed by atoms with Crippen molar-refractivity contribution in [1.29, 1.82) is 0 Å². The summed E-state index contributed by atoms with van der Waals surface area (Å²) < 4.78 is 3.33. The van der Waals surface area contributed by atoms with Gasteiger partial charge in [0.15, 0.2) is 0 Å². The first kappa shape index (κ1) is 17.6. The summed E-state index contributed by atoms with van der Waals surface area (Å²) in [5, 5.41) is 11.9. The van der Waals surface area contributed by atoms with Crippen molar-refractivity contribution in [3.8, 4) is 11.4 Å². The fraction of sp³-hybridized carbons (Fsp3) is 0.364. The largest absolute Gasteiger partial charge is 0.508 e. The molecule has 4 heteroatoms. The summed E-state index contributed by atoms with van der Waals surface area (Å²) in [7, 11) is 0. The minimum Gasteiger partial charge on any atom is -0.508 e. The van der Waals surface area contributed by atoms with Gasteiger partial charge < -0.3 is 9.67 Å². The van der Waals surface area contributed by atoms with Gasteiger partial charge in [-0.15, -0.1) is 0 Å². The molecule has 0 radical (unpaired) electrons. The van der Waals surface area contributed by atoms with E-state index in [1.807, 2.05) is 12.1 Å². The van der Waals surface area contributed by atoms with E-state index < -0.39 is 0 Å². The number of halogens is 1. The molecule has 0 spiro atoms. The number of piperidine rings is 1. The molecule has 0 unspecified atom stereocenters. The fourth-order valence-electron chi connectivity index (χ4n) is 4.06. The van der Waals surface area contributed by atoms with E-state index in [0.717, 1.165) is 41.8 Å². The number of aryl methyl sites for hydroxylation is 1. The lowest BCUT2D eigenvalue weighted by Gasteiger charge is -2.27. The van der Waals surface area contributed by atoms with Crippen LogP contribution in [0.5, 0.6) is 5.75 Å². The smallest absolute Gasteiger partial charge is 0.120 e. The molecule has 4 rings (SSSR count). The molecule has 1 aliphatic rings. The molecule has 3 nitrogen and oxygen atoms in total. The number of aromatic hydroxyl groups is 1. The number of benzene rings is 2. The van der Waals surface area contributed by atoms with Gasteiger partial charge in [0.25, 0.3) is 0 Å². The third kappa shape index (κ3) is 3.28. The molecule has 1 saturated heterocycles. The molecule has 1 fully saturated rings. The normalized spacial score (nSPS) is 15.6. The lowest BCUT2D eigenvalue weighted by molar-refractivity contribution is 0.219. The highest BCUT2D eigenvalue weighted by Crippen LogP contribution is 2.35. The van der Waals surface area contributed by atoms with Crippen molar-refractivity contribution in [3.63, 3.8) is 0 Å². The van der Waals surface area contributed by atoms with Gasteiger partial charge in [-0.3, -0.25) is 4.90 Å². The Morgan fingerprint density at radius 2 is 1.73 bits per heavy atom. The van der Waals surface area contributed by atoms with E-state index in [1.165, 1.54) is 35.7 Å². The SMILES string of the molecule is CCc1cn(-c2ccc(Br)cc2)c2ccc(O)c(CN3CCCCC3)c12. The molecule has 0 aliphatic carbocycles. The Balaban J connectivity index is 1.84. The van der Waals surface area contributed by atoms with Gasteiger partial charge in [0.2, 0.25) is 0 Å². The molecule has 0 bridgehead atoms. The van der Waals surface area contributed by atoms with Gasteiger partial charge in [0, 0.05) is 33.9 Å². The van der Waals surface area contributed by atoms with Crippen LogP contribution in [0.1, 0.15) is 37.3 Å². The number of aromatic nitrogens is 1. The molecule has 1 aromatic heterocycles. The van der Waals surface area contributed by atoms with Crippen LogP contribution in [0.2, 0.25) is 0 Å². The second-order valence-corrected chi connectivity index (χ2v) is 8.06. The molecule has 136 valence electrons. The van der Waals surface area contributed by atoms with Crippen LogP contribution in [-0.2, 0) is 13.0 Å². The van der Waals surface area contributed by atoms with Gasteiger partial charge in [-0.25, -0.2) is 0 Å². The van der Waals surface area contributed by atoms with Crippen LogP contribution < -0.4 is 0 Å². The van der Waals surface area contributed by atoms with Crippen LogP contribution in [0.4, 0.5) is 0 Å². The number of likely N-dealkylation sites (tertiary alicyclic amines) is 1. The first-order valence-corrected chi connectivity index (χ1v) is 10.3. The maximum absolute atomic E-state index is 10.6. The molecule has 2 heterocycles. The van der Waals surface area contributed by atoms with Gasteiger partial charge in [-0.2, -0.15) is 0 Å². The zero-order valence-corrected chi connectivity index (χ0v) is 16.8. The van der Waals surface area contributed by atoms with Crippen molar-refractivity contribution in [2.24, 2.45) is 0 Å². The summed E-state index contributed by atoms with van der Waals surface area (Å²) >= 11 is 3.52. The maximum atomic E-state index is 10.6. The lowest BCUT2D eigenvalue weighted by atomic mass is 10.0. The highest BCUT2D eigenvalue weighted by molar-refractivity contribution is 9.10. The average molecular weight is 413 g/mol. The summed E-state index contributed by atoms with van der Waals surface area (Å²) in [5.74, 6) is 0.423. The Bertz CT molecular complexity index is 908. The number of rotatable bonds is 4. The minimum absolute atomic E-state index is 0.423. The summed E-state index contributed by atoms with van der Waals surface area (Å²) in [5.41, 5.74) is 4.70. The van der Waals surface area contributed by atoms with Crippen molar-refractivity contribution in [2.75, 3.05) is 13.1 Å². The number of phenols is 1. The Kier molecular flexibility index (Phi) is 5.05. The minimum atomic E-state index is 0.423.